The zero-order valence-corrected chi connectivity index (χ0v) is 20.3. The third kappa shape index (κ3) is 4.85. The van der Waals surface area contributed by atoms with Crippen LogP contribution in [-0.4, -0.2) is 36.2 Å². The van der Waals surface area contributed by atoms with Gasteiger partial charge in [-0.15, -0.1) is 0 Å². The summed E-state index contributed by atoms with van der Waals surface area (Å²) in [5.74, 6) is -0.841. The molecule has 0 fully saturated rings. The first-order chi connectivity index (χ1) is 17.2. The minimum Gasteiger partial charge on any atom is -0.328 e. The Morgan fingerprint density at radius 1 is 1.03 bits per heavy atom. The Kier molecular flexibility index (Phi) is 6.64. The number of aromatic nitrogens is 4. The van der Waals surface area contributed by atoms with Crippen molar-refractivity contribution in [2.45, 2.75) is 20.4 Å². The maximum Gasteiger partial charge on any atom is 0.332 e. The number of carbonyl (C=O) groups excluding carboxylic acids is 2. The SMILES string of the molecule is C/C(=N\NC(=O)c1cccc(C)c1)c1ccc(NC(=O)Cn2c(=O)c3c(ncn3C)n(C)c2=O)cc1. The van der Waals surface area contributed by atoms with Gasteiger partial charge in [-0.3, -0.25) is 19.0 Å². The van der Waals surface area contributed by atoms with Gasteiger partial charge in [0, 0.05) is 25.3 Å². The normalized spacial score (nSPS) is 11.5. The zero-order valence-electron chi connectivity index (χ0n) is 20.3. The summed E-state index contributed by atoms with van der Waals surface area (Å²) in [6.07, 6.45) is 1.44. The van der Waals surface area contributed by atoms with Gasteiger partial charge in [-0.05, 0) is 43.7 Å². The summed E-state index contributed by atoms with van der Waals surface area (Å²) in [6, 6.07) is 14.0. The zero-order chi connectivity index (χ0) is 26.0. The minimum absolute atomic E-state index is 0.235. The predicted octanol–water partition coefficient (Wildman–Crippen LogP) is 1.53. The number of amides is 2. The number of nitrogens with zero attached hydrogens (tertiary/aromatic N) is 5. The highest BCUT2D eigenvalue weighted by Gasteiger charge is 2.17. The number of carbonyl (C=O) groups is 2. The molecule has 0 saturated heterocycles. The van der Waals surface area contributed by atoms with E-state index in [-0.39, 0.29) is 17.1 Å². The van der Waals surface area contributed by atoms with Gasteiger partial charge in [0.1, 0.15) is 6.54 Å². The summed E-state index contributed by atoms with van der Waals surface area (Å²) >= 11 is 0. The summed E-state index contributed by atoms with van der Waals surface area (Å²) in [5.41, 5.74) is 5.10. The smallest absolute Gasteiger partial charge is 0.328 e. The van der Waals surface area contributed by atoms with E-state index in [9.17, 15) is 19.2 Å². The average molecular weight is 488 g/mol. The van der Waals surface area contributed by atoms with E-state index in [1.807, 2.05) is 13.0 Å². The van der Waals surface area contributed by atoms with Crippen LogP contribution in [0.15, 0.2) is 69.5 Å². The fourth-order valence-electron chi connectivity index (χ4n) is 3.72. The molecular weight excluding hydrogens is 462 g/mol. The van der Waals surface area contributed by atoms with E-state index < -0.39 is 23.7 Å². The van der Waals surface area contributed by atoms with Crippen LogP contribution in [-0.2, 0) is 25.4 Å². The molecule has 184 valence electrons. The van der Waals surface area contributed by atoms with E-state index in [0.29, 0.717) is 17.0 Å². The molecule has 0 saturated carbocycles. The van der Waals surface area contributed by atoms with Crippen molar-refractivity contribution in [3.63, 3.8) is 0 Å². The van der Waals surface area contributed by atoms with Gasteiger partial charge in [-0.1, -0.05) is 29.8 Å². The fraction of sp³-hybridized carbons (Fsp3) is 0.200. The molecule has 0 aliphatic carbocycles. The molecule has 0 unspecified atom stereocenters. The first-order valence-corrected chi connectivity index (χ1v) is 11.1. The van der Waals surface area contributed by atoms with Crippen LogP contribution in [0.5, 0.6) is 0 Å². The summed E-state index contributed by atoms with van der Waals surface area (Å²) in [7, 11) is 3.14. The molecule has 0 spiro atoms. The van der Waals surface area contributed by atoms with Gasteiger partial charge in [0.15, 0.2) is 11.2 Å². The fourth-order valence-corrected chi connectivity index (χ4v) is 3.72. The monoisotopic (exact) mass is 487 g/mol. The largest absolute Gasteiger partial charge is 0.332 e. The van der Waals surface area contributed by atoms with Crippen LogP contribution >= 0.6 is 0 Å². The topological polar surface area (TPSA) is 132 Å². The van der Waals surface area contributed by atoms with Gasteiger partial charge in [-0.25, -0.2) is 19.8 Å². The molecule has 2 aromatic heterocycles. The molecule has 2 amide bonds. The molecular formula is C25H25N7O4. The van der Waals surface area contributed by atoms with Crippen molar-refractivity contribution in [2.24, 2.45) is 19.2 Å². The third-order valence-corrected chi connectivity index (χ3v) is 5.69. The van der Waals surface area contributed by atoms with E-state index >= 15 is 0 Å². The molecule has 0 aliphatic rings. The van der Waals surface area contributed by atoms with Crippen LogP contribution in [0.2, 0.25) is 0 Å². The Balaban J connectivity index is 1.44. The number of rotatable bonds is 6. The maximum absolute atomic E-state index is 12.8. The first kappa shape index (κ1) is 24.3. The summed E-state index contributed by atoms with van der Waals surface area (Å²) in [5, 5.41) is 6.83. The number of hydrogen-bond acceptors (Lipinski definition) is 6. The Morgan fingerprint density at radius 2 is 1.75 bits per heavy atom. The number of fused-ring (bicyclic) bond motifs is 1. The van der Waals surface area contributed by atoms with Crippen LogP contribution in [0.25, 0.3) is 11.2 Å². The minimum atomic E-state index is -0.628. The number of imidazole rings is 1. The van der Waals surface area contributed by atoms with Crippen LogP contribution in [0.3, 0.4) is 0 Å². The molecule has 0 aliphatic heterocycles. The van der Waals surface area contributed by atoms with Gasteiger partial charge in [0.25, 0.3) is 11.5 Å². The maximum atomic E-state index is 12.8. The highest BCUT2D eigenvalue weighted by Crippen LogP contribution is 2.11. The van der Waals surface area contributed by atoms with Crippen LogP contribution in [0, 0.1) is 6.92 Å². The van der Waals surface area contributed by atoms with Crippen molar-refractivity contribution in [2.75, 3.05) is 5.32 Å². The Labute approximate surface area is 205 Å². The standard InChI is InChI=1S/C25H25N7O4/c1-15-6-5-7-18(12-15)23(34)29-28-16(2)17-8-10-19(11-9-17)27-20(33)13-32-24(35)21-22(26-14-30(21)3)31(4)25(32)36/h5-12,14H,13H2,1-4H3,(H,27,33)(H,29,34)/b28-16+. The molecule has 11 nitrogen and oxygen atoms in total. The predicted molar refractivity (Wildman–Crippen MR) is 136 cm³/mol. The molecule has 2 aromatic carbocycles. The van der Waals surface area contributed by atoms with E-state index in [4.69, 9.17) is 0 Å². The van der Waals surface area contributed by atoms with Gasteiger partial charge in [0.2, 0.25) is 5.91 Å². The molecule has 0 bridgehead atoms. The third-order valence-electron chi connectivity index (χ3n) is 5.69. The quantitative estimate of drug-likeness (QED) is 0.314. The number of anilines is 1. The molecule has 4 aromatic rings. The number of nitrogens with one attached hydrogen (secondary N) is 2. The molecule has 0 atom stereocenters. The average Bonchev–Trinajstić information content (AvgIpc) is 3.25. The van der Waals surface area contributed by atoms with Crippen molar-refractivity contribution >= 4 is 34.4 Å². The Bertz CT molecular complexity index is 1630. The second-order valence-electron chi connectivity index (χ2n) is 8.39. The number of aryl methyl sites for hydroxylation is 3. The van der Waals surface area contributed by atoms with Gasteiger partial charge in [-0.2, -0.15) is 5.10 Å². The van der Waals surface area contributed by atoms with E-state index in [2.05, 4.69) is 20.8 Å². The van der Waals surface area contributed by atoms with Gasteiger partial charge in [0.05, 0.1) is 12.0 Å². The molecule has 0 radical (unpaired) electrons. The Hall–Kier alpha value is -4.80. The van der Waals surface area contributed by atoms with Crippen LogP contribution in [0.1, 0.15) is 28.4 Å². The second-order valence-corrected chi connectivity index (χ2v) is 8.39. The van der Waals surface area contributed by atoms with Crippen molar-refractivity contribution in [3.8, 4) is 0 Å². The van der Waals surface area contributed by atoms with Gasteiger partial charge >= 0.3 is 5.69 Å². The van der Waals surface area contributed by atoms with Crippen molar-refractivity contribution in [1.82, 2.24) is 24.1 Å². The highest BCUT2D eigenvalue weighted by atomic mass is 16.2. The second kappa shape index (κ2) is 9.82. The summed E-state index contributed by atoms with van der Waals surface area (Å²) in [6.45, 7) is 3.21. The van der Waals surface area contributed by atoms with Crippen molar-refractivity contribution < 1.29 is 9.59 Å². The van der Waals surface area contributed by atoms with Crippen molar-refractivity contribution in [1.29, 1.82) is 0 Å². The lowest BCUT2D eigenvalue weighted by molar-refractivity contribution is -0.116. The summed E-state index contributed by atoms with van der Waals surface area (Å²) < 4.78 is 3.62. The Morgan fingerprint density at radius 3 is 2.44 bits per heavy atom. The van der Waals surface area contributed by atoms with E-state index in [1.165, 1.54) is 22.5 Å². The number of benzene rings is 2. The molecule has 2 heterocycles. The molecule has 36 heavy (non-hydrogen) atoms. The number of hydrazone groups is 1. The van der Waals surface area contributed by atoms with E-state index in [1.54, 1.807) is 56.4 Å². The lowest BCUT2D eigenvalue weighted by atomic mass is 10.1. The molecule has 4 rings (SSSR count). The van der Waals surface area contributed by atoms with Crippen LogP contribution < -0.4 is 22.0 Å². The highest BCUT2D eigenvalue weighted by molar-refractivity contribution is 6.01. The summed E-state index contributed by atoms with van der Waals surface area (Å²) in [4.78, 5) is 54.3. The van der Waals surface area contributed by atoms with Crippen molar-refractivity contribution in [3.05, 3.63) is 92.4 Å². The van der Waals surface area contributed by atoms with E-state index in [0.717, 1.165) is 15.7 Å². The lowest BCUT2D eigenvalue weighted by Crippen LogP contribution is -2.42. The number of hydrogen-bond donors (Lipinski definition) is 2. The first-order valence-electron chi connectivity index (χ1n) is 11.1. The van der Waals surface area contributed by atoms with Crippen LogP contribution in [0.4, 0.5) is 5.69 Å². The van der Waals surface area contributed by atoms with Gasteiger partial charge < -0.3 is 9.88 Å². The molecule has 11 heteroatoms. The lowest BCUT2D eigenvalue weighted by Gasteiger charge is -2.10. The molecule has 2 N–H and O–H groups in total.